The van der Waals surface area contributed by atoms with Crippen LogP contribution >= 0.6 is 27.3 Å². The average Bonchev–Trinajstić information content (AvgIpc) is 2.65. The van der Waals surface area contributed by atoms with E-state index < -0.39 is 15.3 Å². The van der Waals surface area contributed by atoms with Gasteiger partial charge >= 0.3 is 0 Å². The van der Waals surface area contributed by atoms with E-state index in [2.05, 4.69) is 15.9 Å². The summed E-state index contributed by atoms with van der Waals surface area (Å²) in [6.07, 6.45) is 0.300. The van der Waals surface area contributed by atoms with Gasteiger partial charge in [-0.1, -0.05) is 6.92 Å². The Hall–Kier alpha value is -0.420. The minimum absolute atomic E-state index is 0.290. The summed E-state index contributed by atoms with van der Waals surface area (Å²) in [6.45, 7) is 1.99. The molecular formula is C10H13BrN2O2S2. The second-order valence-electron chi connectivity index (χ2n) is 3.52. The zero-order valence-corrected chi connectivity index (χ0v) is 12.8. The van der Waals surface area contributed by atoms with Gasteiger partial charge in [-0.2, -0.15) is 9.57 Å². The molecular weight excluding hydrogens is 324 g/mol. The van der Waals surface area contributed by atoms with E-state index in [1.165, 1.54) is 22.7 Å². The third kappa shape index (κ3) is 3.28. The maximum absolute atomic E-state index is 12.0. The van der Waals surface area contributed by atoms with E-state index in [4.69, 9.17) is 5.26 Å². The Morgan fingerprint density at radius 1 is 1.65 bits per heavy atom. The van der Waals surface area contributed by atoms with Crippen LogP contribution in [0.5, 0.6) is 0 Å². The zero-order valence-electron chi connectivity index (χ0n) is 9.55. The molecule has 0 aliphatic heterocycles. The van der Waals surface area contributed by atoms with E-state index in [0.717, 1.165) is 9.35 Å². The Morgan fingerprint density at radius 3 is 2.71 bits per heavy atom. The summed E-state index contributed by atoms with van der Waals surface area (Å²) < 4.78 is 26.2. The van der Waals surface area contributed by atoms with Crippen LogP contribution in [0.15, 0.2) is 15.9 Å². The molecule has 0 saturated heterocycles. The first kappa shape index (κ1) is 14.6. The normalized spacial score (nSPS) is 13.6. The largest absolute Gasteiger partial charge is 0.230 e. The lowest BCUT2D eigenvalue weighted by molar-refractivity contribution is 0.462. The molecule has 0 spiro atoms. The molecule has 1 aromatic rings. The summed E-state index contributed by atoms with van der Waals surface area (Å²) in [4.78, 5) is 0.934. The molecule has 0 N–H and O–H groups in total. The topological polar surface area (TPSA) is 61.2 Å². The van der Waals surface area contributed by atoms with Gasteiger partial charge in [0, 0.05) is 22.9 Å². The zero-order chi connectivity index (χ0) is 13.1. The predicted octanol–water partition coefficient (Wildman–Crippen LogP) is 2.57. The van der Waals surface area contributed by atoms with Crippen molar-refractivity contribution in [3.8, 4) is 6.07 Å². The molecule has 17 heavy (non-hydrogen) atoms. The molecule has 1 heterocycles. The fourth-order valence-corrected chi connectivity index (χ4v) is 4.23. The third-order valence-electron chi connectivity index (χ3n) is 2.37. The van der Waals surface area contributed by atoms with Crippen molar-refractivity contribution >= 4 is 37.3 Å². The van der Waals surface area contributed by atoms with Crippen molar-refractivity contribution in [3.05, 3.63) is 20.8 Å². The van der Waals surface area contributed by atoms with Gasteiger partial charge in [0.1, 0.15) is 0 Å². The molecule has 1 rings (SSSR count). The predicted molar refractivity (Wildman–Crippen MR) is 72.1 cm³/mol. The minimum atomic E-state index is -3.54. The second-order valence-corrected chi connectivity index (χ2v) is 7.60. The van der Waals surface area contributed by atoms with Gasteiger partial charge in [-0.05, 0) is 33.8 Å². The van der Waals surface area contributed by atoms with E-state index in [-0.39, 0.29) is 0 Å². The fraction of sp³-hybridized carbons (Fsp3) is 0.500. The Morgan fingerprint density at radius 2 is 2.29 bits per heavy atom. The van der Waals surface area contributed by atoms with Crippen LogP contribution in [0.3, 0.4) is 0 Å². The van der Waals surface area contributed by atoms with Crippen LogP contribution in [0.4, 0.5) is 0 Å². The molecule has 0 bridgehead atoms. The van der Waals surface area contributed by atoms with Gasteiger partial charge in [-0.15, -0.1) is 11.3 Å². The van der Waals surface area contributed by atoms with Gasteiger partial charge in [-0.25, -0.2) is 8.42 Å². The third-order valence-corrected chi connectivity index (χ3v) is 6.43. The van der Waals surface area contributed by atoms with Crippen LogP contribution in [0.25, 0.3) is 0 Å². The van der Waals surface area contributed by atoms with Gasteiger partial charge in [0.25, 0.3) is 0 Å². The molecule has 4 nitrogen and oxygen atoms in total. The van der Waals surface area contributed by atoms with Crippen LogP contribution in [0.2, 0.25) is 0 Å². The van der Waals surface area contributed by atoms with Crippen molar-refractivity contribution in [2.24, 2.45) is 0 Å². The number of nitriles is 1. The van der Waals surface area contributed by atoms with Crippen LogP contribution in [-0.4, -0.2) is 25.0 Å². The van der Waals surface area contributed by atoms with Crippen molar-refractivity contribution in [1.29, 1.82) is 5.26 Å². The van der Waals surface area contributed by atoms with E-state index in [1.54, 1.807) is 6.92 Å². The smallest absolute Gasteiger partial charge is 0.211 e. The molecule has 94 valence electrons. The van der Waals surface area contributed by atoms with Gasteiger partial charge in [0.05, 0.1) is 6.07 Å². The number of halogens is 1. The Kier molecular flexibility index (Phi) is 5.13. The first-order valence-corrected chi connectivity index (χ1v) is 8.17. The maximum Gasteiger partial charge on any atom is 0.230 e. The molecule has 0 aliphatic rings. The highest BCUT2D eigenvalue weighted by Gasteiger charge is 2.28. The van der Waals surface area contributed by atoms with Crippen molar-refractivity contribution in [3.63, 3.8) is 0 Å². The van der Waals surface area contributed by atoms with E-state index >= 15 is 0 Å². The molecule has 0 aliphatic carbocycles. The Balaban J connectivity index is 2.88. The first-order valence-electron chi connectivity index (χ1n) is 5.00. The molecule has 0 aromatic carbocycles. The summed E-state index contributed by atoms with van der Waals surface area (Å²) in [5.74, 6) is 0. The van der Waals surface area contributed by atoms with E-state index in [9.17, 15) is 8.42 Å². The summed E-state index contributed by atoms with van der Waals surface area (Å²) in [5.41, 5.74) is 0. The van der Waals surface area contributed by atoms with Crippen molar-refractivity contribution in [2.75, 3.05) is 7.05 Å². The SMILES string of the molecule is CC[C@@H](C#N)S(=O)(=O)N(C)Cc1sccc1Br. The molecule has 0 fully saturated rings. The highest BCUT2D eigenvalue weighted by molar-refractivity contribution is 9.10. The maximum atomic E-state index is 12.0. The van der Waals surface area contributed by atoms with E-state index in [1.807, 2.05) is 17.5 Å². The molecule has 0 saturated carbocycles. The van der Waals surface area contributed by atoms with E-state index in [0.29, 0.717) is 13.0 Å². The standard InChI is InChI=1S/C10H13BrN2O2S2/c1-3-8(6-12)17(14,15)13(2)7-10-9(11)4-5-16-10/h4-5,8H,3,7H2,1-2H3/t8-/m0/s1. The average molecular weight is 337 g/mol. The lowest BCUT2D eigenvalue weighted by Crippen LogP contribution is -2.34. The minimum Gasteiger partial charge on any atom is -0.211 e. The second kappa shape index (κ2) is 5.96. The lowest BCUT2D eigenvalue weighted by Gasteiger charge is -2.19. The van der Waals surface area contributed by atoms with Crippen molar-refractivity contribution in [2.45, 2.75) is 25.1 Å². The van der Waals surface area contributed by atoms with Crippen molar-refractivity contribution < 1.29 is 8.42 Å². The van der Waals surface area contributed by atoms with Crippen LogP contribution in [0.1, 0.15) is 18.2 Å². The van der Waals surface area contributed by atoms with Gasteiger partial charge < -0.3 is 0 Å². The number of hydrogen-bond acceptors (Lipinski definition) is 4. The number of hydrogen-bond donors (Lipinski definition) is 0. The highest BCUT2D eigenvalue weighted by Crippen LogP contribution is 2.25. The number of sulfonamides is 1. The molecule has 1 aromatic heterocycles. The molecule has 0 amide bonds. The van der Waals surface area contributed by atoms with Crippen molar-refractivity contribution in [1.82, 2.24) is 4.31 Å². The quantitative estimate of drug-likeness (QED) is 0.830. The molecule has 1 atom stereocenters. The number of nitrogens with zero attached hydrogens (tertiary/aromatic N) is 2. The van der Waals surface area contributed by atoms with Crippen LogP contribution < -0.4 is 0 Å². The van der Waals surface area contributed by atoms with Gasteiger partial charge in [0.2, 0.25) is 10.0 Å². The van der Waals surface area contributed by atoms with Gasteiger partial charge in [-0.3, -0.25) is 0 Å². The summed E-state index contributed by atoms with van der Waals surface area (Å²) in [7, 11) is -2.03. The lowest BCUT2D eigenvalue weighted by atomic mass is 10.4. The fourth-order valence-electron chi connectivity index (χ4n) is 1.32. The first-order chi connectivity index (χ1) is 7.93. The molecule has 0 radical (unpaired) electrons. The monoisotopic (exact) mass is 336 g/mol. The molecule has 7 heteroatoms. The summed E-state index contributed by atoms with van der Waals surface area (Å²) in [6, 6.07) is 3.71. The Bertz CT molecular complexity index is 519. The van der Waals surface area contributed by atoms with Crippen LogP contribution in [-0.2, 0) is 16.6 Å². The summed E-state index contributed by atoms with van der Waals surface area (Å²) in [5, 5.41) is 9.75. The molecule has 0 unspecified atom stereocenters. The highest BCUT2D eigenvalue weighted by atomic mass is 79.9. The van der Waals surface area contributed by atoms with Gasteiger partial charge in [0.15, 0.2) is 5.25 Å². The number of thiophene rings is 1. The summed E-state index contributed by atoms with van der Waals surface area (Å²) >= 11 is 4.84. The number of rotatable bonds is 5. The van der Waals surface area contributed by atoms with Crippen LogP contribution in [0, 0.1) is 11.3 Å². The Labute approximate surface area is 114 Å².